The van der Waals surface area contributed by atoms with Crippen LogP contribution in [0, 0.1) is 3.57 Å². The van der Waals surface area contributed by atoms with Crippen LogP contribution in [-0.4, -0.2) is 29.4 Å². The lowest BCUT2D eigenvalue weighted by molar-refractivity contribution is 0.201. The molecule has 14 heavy (non-hydrogen) atoms. The Hall–Kier alpha value is -0.920. The van der Waals surface area contributed by atoms with E-state index in [1.807, 2.05) is 22.6 Å². The number of amides is 1. The second-order valence-corrected chi connectivity index (χ2v) is 3.61. The summed E-state index contributed by atoms with van der Waals surface area (Å²) in [6.45, 7) is -0.881. The van der Waals surface area contributed by atoms with Crippen LogP contribution < -0.4 is 4.90 Å². The normalized spacial score (nSPS) is 9.86. The third-order valence-electron chi connectivity index (χ3n) is 1.58. The van der Waals surface area contributed by atoms with Gasteiger partial charge in [0.05, 0.1) is 18.4 Å². The summed E-state index contributed by atoms with van der Waals surface area (Å²) in [4.78, 5) is 15.5. The predicted molar refractivity (Wildman–Crippen MR) is 58.3 cm³/mol. The molecule has 0 aliphatic heterocycles. The zero-order chi connectivity index (χ0) is 10.6. The molecule has 4 nitrogen and oxygen atoms in total. The second-order valence-electron chi connectivity index (χ2n) is 2.45. The number of carboxylic acid groups (broad SMARTS) is 1. The fraction of sp³-hybridized carbons (Fsp3) is 0.250. The van der Waals surface area contributed by atoms with Crippen molar-refractivity contribution in [1.29, 1.82) is 0 Å². The van der Waals surface area contributed by atoms with E-state index in [1.165, 1.54) is 6.20 Å². The first-order chi connectivity index (χ1) is 6.66. The van der Waals surface area contributed by atoms with Gasteiger partial charge in [-0.3, -0.25) is 9.88 Å². The van der Waals surface area contributed by atoms with Gasteiger partial charge in [-0.2, -0.15) is 0 Å². The lowest BCUT2D eigenvalue weighted by atomic mass is 10.4. The molecule has 0 unspecified atom stereocenters. The lowest BCUT2D eigenvalue weighted by Crippen LogP contribution is -2.31. The molecule has 0 saturated carbocycles. The maximum Gasteiger partial charge on any atom is 0.411 e. The number of nitrogens with zero attached hydrogens (tertiary/aromatic N) is 2. The fourth-order valence-corrected chi connectivity index (χ4v) is 1.56. The van der Waals surface area contributed by atoms with Gasteiger partial charge >= 0.3 is 6.09 Å². The Balaban J connectivity index is 2.99. The molecule has 0 aliphatic carbocycles. The maximum absolute atomic E-state index is 12.1. The standard InChI is InChI=1S/C8H8FIN2O2/c9-2-4-12(8(13)14)7-5-11-3-1-6(7)10/h1,3,5H,2,4H2,(H,13,14). The van der Waals surface area contributed by atoms with Crippen molar-refractivity contribution >= 4 is 34.4 Å². The first kappa shape index (κ1) is 11.2. The van der Waals surface area contributed by atoms with Gasteiger partial charge in [-0.25, -0.2) is 9.18 Å². The molecule has 0 bridgehead atoms. The van der Waals surface area contributed by atoms with Crippen molar-refractivity contribution in [2.45, 2.75) is 0 Å². The number of halogens is 2. The smallest absolute Gasteiger partial charge is 0.411 e. The van der Waals surface area contributed by atoms with Crippen molar-refractivity contribution < 1.29 is 14.3 Å². The average Bonchev–Trinajstić information content (AvgIpc) is 2.15. The van der Waals surface area contributed by atoms with Gasteiger partial charge in [0.15, 0.2) is 0 Å². The van der Waals surface area contributed by atoms with Crippen LogP contribution in [0.3, 0.4) is 0 Å². The highest BCUT2D eigenvalue weighted by molar-refractivity contribution is 14.1. The van der Waals surface area contributed by atoms with Crippen molar-refractivity contribution in [3.8, 4) is 0 Å². The molecule has 0 saturated heterocycles. The molecule has 1 aromatic rings. The van der Waals surface area contributed by atoms with Gasteiger partial charge in [0, 0.05) is 9.77 Å². The van der Waals surface area contributed by atoms with Crippen LogP contribution in [-0.2, 0) is 0 Å². The molecular weight excluding hydrogens is 302 g/mol. The molecule has 1 aromatic heterocycles. The molecular formula is C8H8FIN2O2. The Morgan fingerprint density at radius 1 is 1.71 bits per heavy atom. The highest BCUT2D eigenvalue weighted by atomic mass is 127. The topological polar surface area (TPSA) is 53.4 Å². The van der Waals surface area contributed by atoms with Gasteiger partial charge in [0.1, 0.15) is 6.67 Å². The highest BCUT2D eigenvalue weighted by Gasteiger charge is 2.16. The lowest BCUT2D eigenvalue weighted by Gasteiger charge is -2.18. The van der Waals surface area contributed by atoms with E-state index in [-0.39, 0.29) is 6.54 Å². The fourth-order valence-electron chi connectivity index (χ4n) is 0.971. The zero-order valence-electron chi connectivity index (χ0n) is 7.15. The van der Waals surface area contributed by atoms with Crippen LogP contribution in [0.4, 0.5) is 14.9 Å². The predicted octanol–water partition coefficient (Wildman–Crippen LogP) is 2.14. The second kappa shape index (κ2) is 5.08. The highest BCUT2D eigenvalue weighted by Crippen LogP contribution is 2.20. The quantitative estimate of drug-likeness (QED) is 0.870. The Morgan fingerprint density at radius 2 is 2.43 bits per heavy atom. The minimum Gasteiger partial charge on any atom is -0.465 e. The summed E-state index contributed by atoms with van der Waals surface area (Å²) in [5.41, 5.74) is 0.415. The molecule has 0 spiro atoms. The number of carbonyl (C=O) groups is 1. The van der Waals surface area contributed by atoms with E-state index in [9.17, 15) is 9.18 Å². The van der Waals surface area contributed by atoms with Gasteiger partial charge in [-0.1, -0.05) is 0 Å². The molecule has 6 heteroatoms. The number of aromatic nitrogens is 1. The Labute approximate surface area is 93.9 Å². The van der Waals surface area contributed by atoms with E-state index in [1.54, 1.807) is 12.3 Å². The zero-order valence-corrected chi connectivity index (χ0v) is 9.31. The van der Waals surface area contributed by atoms with Gasteiger partial charge in [-0.15, -0.1) is 0 Å². The Morgan fingerprint density at radius 3 is 2.93 bits per heavy atom. The van der Waals surface area contributed by atoms with Crippen LogP contribution in [0.2, 0.25) is 0 Å². The SMILES string of the molecule is O=C(O)N(CCF)c1cnccc1I. The van der Waals surface area contributed by atoms with Gasteiger partial charge < -0.3 is 5.11 Å². The molecule has 1 rings (SSSR count). The summed E-state index contributed by atoms with van der Waals surface area (Å²) >= 11 is 1.98. The maximum atomic E-state index is 12.1. The summed E-state index contributed by atoms with van der Waals surface area (Å²) in [6.07, 6.45) is 1.79. The van der Waals surface area contributed by atoms with Crippen molar-refractivity contribution in [3.05, 3.63) is 22.0 Å². The van der Waals surface area contributed by atoms with E-state index < -0.39 is 12.8 Å². The molecule has 0 fully saturated rings. The van der Waals surface area contributed by atoms with Crippen LogP contribution in [0.5, 0.6) is 0 Å². The number of hydrogen-bond acceptors (Lipinski definition) is 2. The molecule has 1 N–H and O–H groups in total. The number of pyridine rings is 1. The number of rotatable bonds is 3. The Bertz CT molecular complexity index is 335. The van der Waals surface area contributed by atoms with Crippen LogP contribution in [0.1, 0.15) is 0 Å². The monoisotopic (exact) mass is 310 g/mol. The third-order valence-corrected chi connectivity index (χ3v) is 2.49. The molecule has 1 heterocycles. The summed E-state index contributed by atoms with van der Waals surface area (Å²) in [7, 11) is 0. The Kier molecular flexibility index (Phi) is 4.05. The van der Waals surface area contributed by atoms with E-state index in [0.29, 0.717) is 5.69 Å². The minimum absolute atomic E-state index is 0.170. The van der Waals surface area contributed by atoms with E-state index >= 15 is 0 Å². The van der Waals surface area contributed by atoms with E-state index in [2.05, 4.69) is 4.98 Å². The first-order valence-electron chi connectivity index (χ1n) is 3.82. The number of alkyl halides is 1. The first-order valence-corrected chi connectivity index (χ1v) is 4.90. The molecule has 0 aliphatic rings. The largest absolute Gasteiger partial charge is 0.465 e. The molecule has 0 aromatic carbocycles. The number of hydrogen-bond donors (Lipinski definition) is 1. The van der Waals surface area contributed by atoms with Gasteiger partial charge in [0.2, 0.25) is 0 Å². The van der Waals surface area contributed by atoms with Crippen LogP contribution in [0.25, 0.3) is 0 Å². The summed E-state index contributed by atoms with van der Waals surface area (Å²) in [5.74, 6) is 0. The summed E-state index contributed by atoms with van der Waals surface area (Å²) < 4.78 is 12.8. The number of anilines is 1. The summed E-state index contributed by atoms with van der Waals surface area (Å²) in [5, 5.41) is 8.81. The van der Waals surface area contributed by atoms with Crippen molar-refractivity contribution in [2.75, 3.05) is 18.1 Å². The van der Waals surface area contributed by atoms with Crippen molar-refractivity contribution in [1.82, 2.24) is 4.98 Å². The van der Waals surface area contributed by atoms with E-state index in [4.69, 9.17) is 5.11 Å². The van der Waals surface area contributed by atoms with Gasteiger partial charge in [-0.05, 0) is 28.7 Å². The summed E-state index contributed by atoms with van der Waals surface area (Å²) in [6, 6.07) is 1.67. The van der Waals surface area contributed by atoms with Crippen LogP contribution >= 0.6 is 22.6 Å². The third kappa shape index (κ3) is 2.53. The molecule has 1 amide bonds. The minimum atomic E-state index is -1.17. The van der Waals surface area contributed by atoms with Crippen LogP contribution in [0.15, 0.2) is 18.5 Å². The molecule has 0 atom stereocenters. The molecule has 0 radical (unpaired) electrons. The molecule has 76 valence electrons. The van der Waals surface area contributed by atoms with Crippen molar-refractivity contribution in [3.63, 3.8) is 0 Å². The van der Waals surface area contributed by atoms with Crippen molar-refractivity contribution in [2.24, 2.45) is 0 Å². The van der Waals surface area contributed by atoms with Gasteiger partial charge in [0.25, 0.3) is 0 Å². The average molecular weight is 310 g/mol. The van der Waals surface area contributed by atoms with E-state index in [0.717, 1.165) is 8.47 Å².